The van der Waals surface area contributed by atoms with Crippen molar-refractivity contribution in [1.82, 2.24) is 25.1 Å². The van der Waals surface area contributed by atoms with Crippen LogP contribution in [0.3, 0.4) is 0 Å². The van der Waals surface area contributed by atoms with Gasteiger partial charge in [0.05, 0.1) is 12.1 Å². The zero-order valence-electron chi connectivity index (χ0n) is 10.6. The number of carboxylic acids is 1. The molecule has 3 rings (SSSR count). The van der Waals surface area contributed by atoms with Gasteiger partial charge in [-0.15, -0.1) is 5.10 Å². The summed E-state index contributed by atoms with van der Waals surface area (Å²) in [5.74, 6) is 0.0430. The van der Waals surface area contributed by atoms with E-state index in [9.17, 15) is 9.90 Å². The molecule has 0 amide bonds. The largest absolute Gasteiger partial charge is 0.478 e. The van der Waals surface area contributed by atoms with Crippen molar-refractivity contribution in [2.75, 3.05) is 0 Å². The highest BCUT2D eigenvalue weighted by atomic mass is 16.5. The van der Waals surface area contributed by atoms with E-state index in [2.05, 4.69) is 20.5 Å². The highest BCUT2D eigenvalue weighted by molar-refractivity contribution is 6.00. The summed E-state index contributed by atoms with van der Waals surface area (Å²) >= 11 is 0. The average molecular weight is 273 g/mol. The number of benzene rings is 1. The van der Waals surface area contributed by atoms with Gasteiger partial charge in [-0.05, 0) is 19.1 Å². The molecule has 0 bridgehead atoms. The maximum absolute atomic E-state index is 11.2. The van der Waals surface area contributed by atoms with Crippen LogP contribution in [0.25, 0.3) is 11.0 Å². The van der Waals surface area contributed by atoms with Crippen molar-refractivity contribution in [3.8, 4) is 0 Å². The number of aryl methyl sites for hydroxylation is 3. The predicted molar refractivity (Wildman–Crippen MR) is 67.2 cm³/mol. The predicted octanol–water partition coefficient (Wildman–Crippen LogP) is 1.06. The van der Waals surface area contributed by atoms with Crippen LogP contribution in [-0.2, 0) is 13.0 Å². The number of hydrogen-bond acceptors (Lipinski definition) is 6. The highest BCUT2D eigenvalue weighted by Crippen LogP contribution is 2.17. The van der Waals surface area contributed by atoms with E-state index in [0.717, 1.165) is 0 Å². The second-order valence-electron chi connectivity index (χ2n) is 4.28. The first-order chi connectivity index (χ1) is 9.65. The van der Waals surface area contributed by atoms with Gasteiger partial charge < -0.3 is 9.63 Å². The first kappa shape index (κ1) is 12.3. The van der Waals surface area contributed by atoms with Crippen LogP contribution in [0, 0.1) is 6.92 Å². The van der Waals surface area contributed by atoms with E-state index >= 15 is 0 Å². The summed E-state index contributed by atoms with van der Waals surface area (Å²) < 4.78 is 6.55. The maximum atomic E-state index is 11.2. The van der Waals surface area contributed by atoms with Crippen molar-refractivity contribution in [1.29, 1.82) is 0 Å². The minimum atomic E-state index is -1.01. The molecule has 20 heavy (non-hydrogen) atoms. The van der Waals surface area contributed by atoms with E-state index in [1.165, 1.54) is 6.07 Å². The molecule has 0 unspecified atom stereocenters. The summed E-state index contributed by atoms with van der Waals surface area (Å²) in [5.41, 5.74) is 1.22. The van der Waals surface area contributed by atoms with Crippen LogP contribution in [0.15, 0.2) is 22.7 Å². The maximum Gasteiger partial charge on any atom is 0.337 e. The molecule has 2 heterocycles. The molecule has 0 aliphatic carbocycles. The van der Waals surface area contributed by atoms with E-state index < -0.39 is 5.97 Å². The number of aromatic nitrogens is 5. The zero-order valence-corrected chi connectivity index (χ0v) is 10.6. The zero-order chi connectivity index (χ0) is 14.1. The van der Waals surface area contributed by atoms with Gasteiger partial charge in [-0.2, -0.15) is 4.98 Å². The van der Waals surface area contributed by atoms with Gasteiger partial charge in [-0.1, -0.05) is 16.4 Å². The van der Waals surface area contributed by atoms with Crippen LogP contribution >= 0.6 is 0 Å². The summed E-state index contributed by atoms with van der Waals surface area (Å²) in [4.78, 5) is 15.3. The van der Waals surface area contributed by atoms with Crippen molar-refractivity contribution in [2.45, 2.75) is 19.9 Å². The molecule has 0 atom stereocenters. The highest BCUT2D eigenvalue weighted by Gasteiger charge is 2.15. The molecule has 0 saturated heterocycles. The molecule has 8 heteroatoms. The van der Waals surface area contributed by atoms with E-state index in [1.807, 2.05) is 0 Å². The van der Waals surface area contributed by atoms with Crippen LogP contribution < -0.4 is 0 Å². The molecule has 3 aromatic rings. The Morgan fingerprint density at radius 3 is 3.00 bits per heavy atom. The fraction of sp³-hybridized carbons (Fsp3) is 0.250. The van der Waals surface area contributed by atoms with Crippen LogP contribution in [0.1, 0.15) is 22.1 Å². The van der Waals surface area contributed by atoms with Gasteiger partial charge >= 0.3 is 5.97 Å². The van der Waals surface area contributed by atoms with Gasteiger partial charge in [0, 0.05) is 6.42 Å². The number of rotatable bonds is 4. The third-order valence-electron chi connectivity index (χ3n) is 2.87. The van der Waals surface area contributed by atoms with Crippen molar-refractivity contribution in [2.24, 2.45) is 0 Å². The summed E-state index contributed by atoms with van der Waals surface area (Å²) in [5, 5.41) is 20.8. The third kappa shape index (κ3) is 2.11. The monoisotopic (exact) mass is 273 g/mol. The lowest BCUT2D eigenvalue weighted by molar-refractivity contribution is 0.0698. The fourth-order valence-corrected chi connectivity index (χ4v) is 2.00. The molecule has 0 radical (unpaired) electrons. The van der Waals surface area contributed by atoms with E-state index in [-0.39, 0.29) is 5.56 Å². The molecule has 2 aromatic heterocycles. The minimum absolute atomic E-state index is 0.175. The van der Waals surface area contributed by atoms with Gasteiger partial charge in [0.25, 0.3) is 0 Å². The molecule has 0 aliphatic heterocycles. The van der Waals surface area contributed by atoms with Crippen molar-refractivity contribution < 1.29 is 14.4 Å². The topological polar surface area (TPSA) is 107 Å². The van der Waals surface area contributed by atoms with E-state index in [1.54, 1.807) is 23.7 Å². The molecule has 1 N–H and O–H groups in total. The second-order valence-corrected chi connectivity index (χ2v) is 4.28. The van der Waals surface area contributed by atoms with Crippen LogP contribution in [0.2, 0.25) is 0 Å². The Kier molecular flexibility index (Phi) is 2.90. The number of para-hydroxylation sites is 1. The Morgan fingerprint density at radius 2 is 2.30 bits per heavy atom. The number of carboxylic acid groups (broad SMARTS) is 1. The molecule has 8 nitrogen and oxygen atoms in total. The van der Waals surface area contributed by atoms with Crippen molar-refractivity contribution in [3.05, 3.63) is 35.5 Å². The van der Waals surface area contributed by atoms with Crippen molar-refractivity contribution in [3.63, 3.8) is 0 Å². The summed E-state index contributed by atoms with van der Waals surface area (Å²) in [6.07, 6.45) is 0.466. The molecule has 0 aliphatic rings. The van der Waals surface area contributed by atoms with Gasteiger partial charge in [0.2, 0.25) is 5.89 Å². The van der Waals surface area contributed by atoms with Crippen molar-refractivity contribution >= 4 is 17.0 Å². The number of hydrogen-bond donors (Lipinski definition) is 1. The lowest BCUT2D eigenvalue weighted by Gasteiger charge is -2.02. The molecule has 1 aromatic carbocycles. The third-order valence-corrected chi connectivity index (χ3v) is 2.87. The quantitative estimate of drug-likeness (QED) is 0.757. The van der Waals surface area contributed by atoms with E-state index in [0.29, 0.717) is 35.7 Å². The Labute approximate surface area is 113 Å². The first-order valence-electron chi connectivity index (χ1n) is 6.00. The normalized spacial score (nSPS) is 11.1. The molecule has 0 fully saturated rings. The molecule has 0 saturated carbocycles. The molecular formula is C12H11N5O3. The Morgan fingerprint density at radius 1 is 1.45 bits per heavy atom. The standard InChI is InChI=1S/C12H11N5O3/c1-7-13-10(20-15-7)5-6-17-11-8(12(18)19)3-2-4-9(11)14-16-17/h2-4H,5-6H2,1H3,(H,18,19). The SMILES string of the molecule is Cc1noc(CCn2nnc3cccc(C(=O)O)c32)n1. The van der Waals surface area contributed by atoms with Gasteiger partial charge in [0.1, 0.15) is 11.0 Å². The number of aromatic carboxylic acids is 1. The number of carbonyl (C=O) groups is 1. The number of nitrogens with zero attached hydrogens (tertiary/aromatic N) is 5. The van der Waals surface area contributed by atoms with Gasteiger partial charge in [0.15, 0.2) is 5.82 Å². The van der Waals surface area contributed by atoms with Crippen LogP contribution in [0.5, 0.6) is 0 Å². The van der Waals surface area contributed by atoms with Crippen LogP contribution in [-0.4, -0.2) is 36.2 Å². The second kappa shape index (κ2) is 4.72. The summed E-state index contributed by atoms with van der Waals surface area (Å²) in [7, 11) is 0. The van der Waals surface area contributed by atoms with E-state index in [4.69, 9.17) is 4.52 Å². The molecule has 102 valence electrons. The lowest BCUT2D eigenvalue weighted by atomic mass is 10.2. The van der Waals surface area contributed by atoms with Gasteiger partial charge in [-0.3, -0.25) is 0 Å². The van der Waals surface area contributed by atoms with Crippen LogP contribution in [0.4, 0.5) is 0 Å². The molecular weight excluding hydrogens is 262 g/mol. The Balaban J connectivity index is 1.93. The fourth-order valence-electron chi connectivity index (χ4n) is 2.00. The Bertz CT molecular complexity index is 776. The Hall–Kier alpha value is -2.77. The minimum Gasteiger partial charge on any atom is -0.478 e. The first-order valence-corrected chi connectivity index (χ1v) is 6.00. The molecule has 0 spiro atoms. The van der Waals surface area contributed by atoms with Gasteiger partial charge in [-0.25, -0.2) is 9.48 Å². The lowest BCUT2D eigenvalue weighted by Crippen LogP contribution is -2.07. The number of fused-ring (bicyclic) bond motifs is 1. The smallest absolute Gasteiger partial charge is 0.337 e. The summed E-state index contributed by atoms with van der Waals surface area (Å²) in [6.45, 7) is 2.16. The average Bonchev–Trinajstić information content (AvgIpc) is 3.02. The summed E-state index contributed by atoms with van der Waals surface area (Å²) in [6, 6.07) is 4.90.